The van der Waals surface area contributed by atoms with E-state index in [1.165, 1.54) is 11.3 Å². The summed E-state index contributed by atoms with van der Waals surface area (Å²) < 4.78 is 6.36. The Balaban J connectivity index is 1.59. The number of rotatable bonds is 4. The van der Waals surface area contributed by atoms with Crippen molar-refractivity contribution < 1.29 is 9.53 Å². The molecule has 1 amide bonds. The number of carbonyl (C=O) groups is 1. The molecular weight excluding hydrogens is 364 g/mol. The third kappa shape index (κ3) is 3.69. The summed E-state index contributed by atoms with van der Waals surface area (Å²) in [5, 5.41) is 2.93. The molecule has 3 aromatic rings. The van der Waals surface area contributed by atoms with E-state index in [-0.39, 0.29) is 5.91 Å². The zero-order valence-electron chi connectivity index (χ0n) is 15.2. The Morgan fingerprint density at radius 1 is 1.26 bits per heavy atom. The summed E-state index contributed by atoms with van der Waals surface area (Å²) in [5.74, 6) is 1.11. The van der Waals surface area contributed by atoms with Crippen molar-refractivity contribution in [1.29, 1.82) is 0 Å². The molecule has 140 valence electrons. The summed E-state index contributed by atoms with van der Waals surface area (Å²) in [6.45, 7) is 2.85. The number of ether oxygens (including phenoxy) is 1. The summed E-state index contributed by atoms with van der Waals surface area (Å²) >= 11 is 1.51. The number of morpholine rings is 1. The average molecular weight is 384 g/mol. The normalized spacial score (nSPS) is 14.4. The van der Waals surface area contributed by atoms with E-state index in [0.717, 1.165) is 23.3 Å². The molecular formula is C18H20N6O2S. The number of hydrogen-bond donors (Lipinski definition) is 1. The summed E-state index contributed by atoms with van der Waals surface area (Å²) in [6.07, 6.45) is 1.66. The molecule has 0 radical (unpaired) electrons. The van der Waals surface area contributed by atoms with Gasteiger partial charge in [-0.3, -0.25) is 4.79 Å². The van der Waals surface area contributed by atoms with Crippen molar-refractivity contribution in [3.8, 4) is 0 Å². The highest BCUT2D eigenvalue weighted by atomic mass is 32.1. The van der Waals surface area contributed by atoms with Crippen molar-refractivity contribution in [2.75, 3.05) is 55.5 Å². The molecule has 0 saturated carbocycles. The lowest BCUT2D eigenvalue weighted by Gasteiger charge is -2.28. The van der Waals surface area contributed by atoms with E-state index >= 15 is 0 Å². The van der Waals surface area contributed by atoms with Crippen molar-refractivity contribution in [2.24, 2.45) is 0 Å². The van der Waals surface area contributed by atoms with Crippen LogP contribution in [0.15, 0.2) is 29.9 Å². The molecule has 1 aromatic carbocycles. The fourth-order valence-electron chi connectivity index (χ4n) is 2.90. The highest BCUT2D eigenvalue weighted by molar-refractivity contribution is 7.16. The predicted molar refractivity (Wildman–Crippen MR) is 107 cm³/mol. The second-order valence-electron chi connectivity index (χ2n) is 6.39. The van der Waals surface area contributed by atoms with Gasteiger partial charge in [0.15, 0.2) is 5.82 Å². The molecule has 0 aliphatic carbocycles. The van der Waals surface area contributed by atoms with Gasteiger partial charge >= 0.3 is 0 Å². The van der Waals surface area contributed by atoms with E-state index in [4.69, 9.17) is 4.74 Å². The van der Waals surface area contributed by atoms with Crippen LogP contribution in [0.25, 0.3) is 10.2 Å². The van der Waals surface area contributed by atoms with Crippen molar-refractivity contribution in [3.63, 3.8) is 0 Å². The molecule has 0 bridgehead atoms. The molecule has 1 N–H and O–H groups in total. The van der Waals surface area contributed by atoms with Crippen LogP contribution in [0.4, 0.5) is 17.5 Å². The smallest absolute Gasteiger partial charge is 0.255 e. The van der Waals surface area contributed by atoms with Crippen molar-refractivity contribution in [3.05, 3.63) is 35.5 Å². The lowest BCUT2D eigenvalue weighted by Crippen LogP contribution is -2.37. The number of anilines is 3. The first-order valence-corrected chi connectivity index (χ1v) is 9.51. The number of amides is 1. The van der Waals surface area contributed by atoms with Crippen LogP contribution in [-0.4, -0.2) is 61.3 Å². The molecule has 4 rings (SSSR count). The minimum absolute atomic E-state index is 0.198. The van der Waals surface area contributed by atoms with Gasteiger partial charge in [0.1, 0.15) is 5.69 Å². The maximum atomic E-state index is 12.7. The van der Waals surface area contributed by atoms with Crippen LogP contribution in [0.3, 0.4) is 0 Å². The van der Waals surface area contributed by atoms with Gasteiger partial charge in [-0.25, -0.2) is 9.97 Å². The van der Waals surface area contributed by atoms with E-state index in [1.807, 2.05) is 31.1 Å². The van der Waals surface area contributed by atoms with Gasteiger partial charge in [-0.1, -0.05) is 0 Å². The van der Waals surface area contributed by atoms with Crippen LogP contribution in [0, 0.1) is 0 Å². The highest BCUT2D eigenvalue weighted by Gasteiger charge is 2.18. The van der Waals surface area contributed by atoms with E-state index in [0.29, 0.717) is 36.2 Å². The maximum Gasteiger partial charge on any atom is 0.255 e. The SMILES string of the molecule is CN(C)c1nc(N2CCOCC2)ncc1NC(=O)c1ccc2ncsc2c1. The topological polar surface area (TPSA) is 83.5 Å². The summed E-state index contributed by atoms with van der Waals surface area (Å²) in [7, 11) is 3.79. The number of aromatic nitrogens is 3. The molecule has 3 heterocycles. The number of nitrogens with zero attached hydrogens (tertiary/aromatic N) is 5. The van der Waals surface area contributed by atoms with Crippen LogP contribution in [0.1, 0.15) is 10.4 Å². The second kappa shape index (κ2) is 7.45. The third-order valence-electron chi connectivity index (χ3n) is 4.32. The first-order chi connectivity index (χ1) is 13.1. The Kier molecular flexibility index (Phi) is 4.87. The second-order valence-corrected chi connectivity index (χ2v) is 7.28. The third-order valence-corrected chi connectivity index (χ3v) is 5.11. The standard InChI is InChI=1S/C18H20N6O2S/c1-23(2)16-14(10-19-18(22-16)24-5-7-26-8-6-24)21-17(25)12-3-4-13-15(9-12)27-11-20-13/h3-4,9-11H,5-8H2,1-2H3,(H,21,25). The van der Waals surface area contributed by atoms with Gasteiger partial charge in [0.05, 0.1) is 35.1 Å². The summed E-state index contributed by atoms with van der Waals surface area (Å²) in [6, 6.07) is 5.47. The van der Waals surface area contributed by atoms with Crippen LogP contribution >= 0.6 is 11.3 Å². The van der Waals surface area contributed by atoms with Crippen molar-refractivity contribution in [1.82, 2.24) is 15.0 Å². The van der Waals surface area contributed by atoms with E-state index in [9.17, 15) is 4.79 Å². The molecule has 1 aliphatic rings. The number of thiazole rings is 1. The number of hydrogen-bond acceptors (Lipinski definition) is 8. The Morgan fingerprint density at radius 2 is 2.07 bits per heavy atom. The van der Waals surface area contributed by atoms with Gasteiger partial charge in [0.25, 0.3) is 5.91 Å². The molecule has 8 nitrogen and oxygen atoms in total. The number of fused-ring (bicyclic) bond motifs is 1. The van der Waals surface area contributed by atoms with Gasteiger partial charge in [0.2, 0.25) is 5.95 Å². The monoisotopic (exact) mass is 384 g/mol. The maximum absolute atomic E-state index is 12.7. The van der Waals surface area contributed by atoms with Gasteiger partial charge < -0.3 is 19.9 Å². The Morgan fingerprint density at radius 3 is 2.85 bits per heavy atom. The largest absolute Gasteiger partial charge is 0.378 e. The molecule has 0 unspecified atom stereocenters. The molecule has 2 aromatic heterocycles. The van der Waals surface area contributed by atoms with Crippen molar-refractivity contribution in [2.45, 2.75) is 0 Å². The van der Waals surface area contributed by atoms with Crippen LogP contribution in [0.5, 0.6) is 0 Å². The van der Waals surface area contributed by atoms with Crippen LogP contribution in [-0.2, 0) is 4.74 Å². The summed E-state index contributed by atoms with van der Waals surface area (Å²) in [4.78, 5) is 30.0. The first-order valence-electron chi connectivity index (χ1n) is 8.63. The fraction of sp³-hybridized carbons (Fsp3) is 0.333. The highest BCUT2D eigenvalue weighted by Crippen LogP contribution is 2.25. The van der Waals surface area contributed by atoms with Crippen molar-refractivity contribution >= 4 is 44.9 Å². The Bertz CT molecular complexity index is 967. The zero-order valence-corrected chi connectivity index (χ0v) is 16.0. The molecule has 1 fully saturated rings. The zero-order chi connectivity index (χ0) is 18.8. The summed E-state index contributed by atoms with van der Waals surface area (Å²) in [5.41, 5.74) is 3.82. The molecule has 1 aliphatic heterocycles. The molecule has 0 spiro atoms. The Labute approximate surface area is 160 Å². The van der Waals surface area contributed by atoms with Gasteiger partial charge in [-0.15, -0.1) is 11.3 Å². The van der Waals surface area contributed by atoms with Crippen LogP contribution < -0.4 is 15.1 Å². The Hall–Kier alpha value is -2.78. The minimum Gasteiger partial charge on any atom is -0.378 e. The molecule has 1 saturated heterocycles. The predicted octanol–water partition coefficient (Wildman–Crippen LogP) is 2.24. The molecule has 0 atom stereocenters. The number of benzene rings is 1. The van der Waals surface area contributed by atoms with Gasteiger partial charge in [-0.2, -0.15) is 4.98 Å². The van der Waals surface area contributed by atoms with Crippen LogP contribution in [0.2, 0.25) is 0 Å². The first kappa shape index (κ1) is 17.6. The lowest BCUT2D eigenvalue weighted by molar-refractivity contribution is 0.102. The lowest BCUT2D eigenvalue weighted by atomic mass is 10.2. The van der Waals surface area contributed by atoms with Gasteiger partial charge in [-0.05, 0) is 18.2 Å². The number of carbonyl (C=O) groups excluding carboxylic acids is 1. The minimum atomic E-state index is -0.198. The quantitative estimate of drug-likeness (QED) is 0.738. The van der Waals surface area contributed by atoms with E-state index < -0.39 is 0 Å². The average Bonchev–Trinajstić information content (AvgIpc) is 3.16. The van der Waals surface area contributed by atoms with E-state index in [2.05, 4.69) is 25.2 Å². The van der Waals surface area contributed by atoms with E-state index in [1.54, 1.807) is 17.8 Å². The molecule has 9 heteroatoms. The van der Waals surface area contributed by atoms with Gasteiger partial charge in [0, 0.05) is 32.7 Å². The molecule has 27 heavy (non-hydrogen) atoms. The number of nitrogens with one attached hydrogen (secondary N) is 1. The fourth-order valence-corrected chi connectivity index (χ4v) is 3.62.